The molecule has 13 heavy (non-hydrogen) atoms. The van der Waals surface area contributed by atoms with Crippen LogP contribution in [0, 0.1) is 0 Å². The van der Waals surface area contributed by atoms with Gasteiger partial charge in [-0.1, -0.05) is 5.46 Å². The highest BCUT2D eigenvalue weighted by atomic mass is 15.3. The number of hydrogen-bond donors (Lipinski definition) is 0. The van der Waals surface area contributed by atoms with Gasteiger partial charge in [0.05, 0.1) is 0 Å². The van der Waals surface area contributed by atoms with E-state index in [4.69, 9.17) is 0 Å². The molecule has 0 bridgehead atoms. The maximum Gasteiger partial charge on any atom is 0.225 e. The lowest BCUT2D eigenvalue weighted by molar-refractivity contribution is 0.717. The van der Waals surface area contributed by atoms with Crippen LogP contribution >= 0.6 is 0 Å². The number of rotatable bonds is 1. The molecule has 0 N–H and O–H groups in total. The van der Waals surface area contributed by atoms with Gasteiger partial charge in [0.2, 0.25) is 5.95 Å². The summed E-state index contributed by atoms with van der Waals surface area (Å²) in [5.41, 5.74) is 1.12. The van der Waals surface area contributed by atoms with Crippen molar-refractivity contribution in [3.05, 3.63) is 12.4 Å². The van der Waals surface area contributed by atoms with Crippen LogP contribution in [0.3, 0.4) is 0 Å². The van der Waals surface area contributed by atoms with E-state index in [2.05, 4.69) is 21.8 Å². The van der Waals surface area contributed by atoms with Crippen molar-refractivity contribution in [2.75, 3.05) is 11.4 Å². The molecule has 1 fully saturated rings. The summed E-state index contributed by atoms with van der Waals surface area (Å²) in [7, 11) is 2.01. The van der Waals surface area contributed by atoms with Gasteiger partial charge in [0.15, 0.2) is 0 Å². The van der Waals surface area contributed by atoms with Crippen molar-refractivity contribution < 1.29 is 0 Å². The summed E-state index contributed by atoms with van der Waals surface area (Å²) in [6.07, 6.45) is 6.29. The standard InChI is InChI=1S/C9H14BN3/c1-7-3-2-4-13(7)9-11-5-8(10)6-12-9/h5-7H,2-4,10H2,1H3/t7-/m1/s1. The molecule has 3 nitrogen and oxygen atoms in total. The fourth-order valence-electron chi connectivity index (χ4n) is 1.76. The third-order valence-corrected chi connectivity index (χ3v) is 2.58. The molecule has 0 saturated carbocycles. The molecule has 1 aliphatic heterocycles. The minimum Gasteiger partial charge on any atom is -0.338 e. The quantitative estimate of drug-likeness (QED) is 0.550. The molecule has 0 spiro atoms. The first-order valence-electron chi connectivity index (χ1n) is 4.82. The second kappa shape index (κ2) is 3.36. The van der Waals surface area contributed by atoms with Crippen LogP contribution in [0.15, 0.2) is 12.4 Å². The number of nitrogens with zero attached hydrogens (tertiary/aromatic N) is 3. The first-order chi connectivity index (χ1) is 6.27. The third kappa shape index (κ3) is 1.66. The van der Waals surface area contributed by atoms with Gasteiger partial charge in [-0.3, -0.25) is 0 Å². The summed E-state index contributed by atoms with van der Waals surface area (Å²) >= 11 is 0. The molecule has 0 radical (unpaired) electrons. The average Bonchev–Trinajstić information content (AvgIpc) is 2.53. The second-order valence-electron chi connectivity index (χ2n) is 3.75. The molecule has 1 aromatic heterocycles. The Bertz CT molecular complexity index is 285. The van der Waals surface area contributed by atoms with Crippen molar-refractivity contribution in [1.82, 2.24) is 9.97 Å². The van der Waals surface area contributed by atoms with Crippen molar-refractivity contribution in [2.24, 2.45) is 0 Å². The van der Waals surface area contributed by atoms with Crippen molar-refractivity contribution in [3.63, 3.8) is 0 Å². The zero-order valence-corrected chi connectivity index (χ0v) is 8.20. The fraction of sp³-hybridized carbons (Fsp3) is 0.556. The average molecular weight is 175 g/mol. The Morgan fingerprint density at radius 1 is 1.46 bits per heavy atom. The van der Waals surface area contributed by atoms with E-state index in [1.165, 1.54) is 12.8 Å². The van der Waals surface area contributed by atoms with Crippen LogP contribution < -0.4 is 10.4 Å². The third-order valence-electron chi connectivity index (χ3n) is 2.58. The monoisotopic (exact) mass is 175 g/mol. The summed E-state index contributed by atoms with van der Waals surface area (Å²) in [4.78, 5) is 10.9. The molecule has 0 unspecified atom stereocenters. The first kappa shape index (κ1) is 8.54. The minimum absolute atomic E-state index is 0.600. The highest BCUT2D eigenvalue weighted by molar-refractivity contribution is 6.31. The Morgan fingerprint density at radius 3 is 2.69 bits per heavy atom. The lowest BCUT2D eigenvalue weighted by atomic mass is 10.0. The Labute approximate surface area is 79.6 Å². The van der Waals surface area contributed by atoms with E-state index in [0.717, 1.165) is 18.0 Å². The van der Waals surface area contributed by atoms with Crippen LogP contribution in [0.1, 0.15) is 19.8 Å². The molecular weight excluding hydrogens is 161 g/mol. The van der Waals surface area contributed by atoms with Gasteiger partial charge in [0.1, 0.15) is 7.85 Å². The highest BCUT2D eigenvalue weighted by Crippen LogP contribution is 2.20. The molecule has 1 atom stereocenters. The van der Waals surface area contributed by atoms with Gasteiger partial charge in [-0.15, -0.1) is 0 Å². The van der Waals surface area contributed by atoms with Gasteiger partial charge in [-0.05, 0) is 19.8 Å². The number of aromatic nitrogens is 2. The molecule has 0 aliphatic carbocycles. The lowest BCUT2D eigenvalue weighted by Crippen LogP contribution is -2.28. The van der Waals surface area contributed by atoms with Crippen molar-refractivity contribution in [2.45, 2.75) is 25.8 Å². The van der Waals surface area contributed by atoms with E-state index < -0.39 is 0 Å². The van der Waals surface area contributed by atoms with E-state index >= 15 is 0 Å². The summed E-state index contributed by atoms with van der Waals surface area (Å²) < 4.78 is 0. The van der Waals surface area contributed by atoms with Crippen LogP contribution in [-0.4, -0.2) is 30.4 Å². The van der Waals surface area contributed by atoms with Gasteiger partial charge in [0.25, 0.3) is 0 Å². The Morgan fingerprint density at radius 2 is 2.15 bits per heavy atom. The molecule has 1 aromatic rings. The minimum atomic E-state index is 0.600. The van der Waals surface area contributed by atoms with Gasteiger partial charge in [-0.25, -0.2) is 9.97 Å². The highest BCUT2D eigenvalue weighted by Gasteiger charge is 2.21. The Balaban J connectivity index is 2.20. The molecule has 2 heterocycles. The molecule has 68 valence electrons. The van der Waals surface area contributed by atoms with Gasteiger partial charge < -0.3 is 4.90 Å². The maximum absolute atomic E-state index is 4.33. The van der Waals surface area contributed by atoms with Crippen molar-refractivity contribution >= 4 is 19.3 Å². The predicted molar refractivity (Wildman–Crippen MR) is 56.3 cm³/mol. The largest absolute Gasteiger partial charge is 0.338 e. The van der Waals surface area contributed by atoms with Gasteiger partial charge >= 0.3 is 0 Å². The van der Waals surface area contributed by atoms with Crippen molar-refractivity contribution in [1.29, 1.82) is 0 Å². The zero-order valence-electron chi connectivity index (χ0n) is 8.20. The van der Waals surface area contributed by atoms with E-state index in [1.54, 1.807) is 0 Å². The zero-order chi connectivity index (χ0) is 9.26. The molecule has 4 heteroatoms. The second-order valence-corrected chi connectivity index (χ2v) is 3.75. The van der Waals surface area contributed by atoms with Crippen LogP contribution in [0.5, 0.6) is 0 Å². The smallest absolute Gasteiger partial charge is 0.225 e. The van der Waals surface area contributed by atoms with Crippen LogP contribution in [0.4, 0.5) is 5.95 Å². The summed E-state index contributed by atoms with van der Waals surface area (Å²) in [6, 6.07) is 0.600. The lowest BCUT2D eigenvalue weighted by Gasteiger charge is -2.20. The SMILES string of the molecule is Bc1cnc(N2CCC[C@H]2C)nc1. The molecular formula is C9H14BN3. The van der Waals surface area contributed by atoms with Crippen LogP contribution in [0.25, 0.3) is 0 Å². The maximum atomic E-state index is 4.33. The molecule has 0 aromatic carbocycles. The van der Waals surface area contributed by atoms with Gasteiger partial charge in [0, 0.05) is 25.0 Å². The normalized spacial score (nSPS) is 22.2. The van der Waals surface area contributed by atoms with E-state index in [1.807, 2.05) is 20.2 Å². The van der Waals surface area contributed by atoms with E-state index in [0.29, 0.717) is 6.04 Å². The van der Waals surface area contributed by atoms with Crippen LogP contribution in [0.2, 0.25) is 0 Å². The summed E-state index contributed by atoms with van der Waals surface area (Å²) in [5.74, 6) is 0.885. The van der Waals surface area contributed by atoms with E-state index in [9.17, 15) is 0 Å². The Kier molecular flexibility index (Phi) is 2.21. The topological polar surface area (TPSA) is 29.0 Å². The summed E-state index contributed by atoms with van der Waals surface area (Å²) in [5, 5.41) is 0. The first-order valence-corrected chi connectivity index (χ1v) is 4.82. The van der Waals surface area contributed by atoms with Gasteiger partial charge in [-0.2, -0.15) is 0 Å². The fourth-order valence-corrected chi connectivity index (χ4v) is 1.76. The molecule has 1 aliphatic rings. The molecule has 2 rings (SSSR count). The Hall–Kier alpha value is -1.06. The number of hydrogen-bond acceptors (Lipinski definition) is 3. The molecule has 1 saturated heterocycles. The predicted octanol–water partition coefficient (Wildman–Crippen LogP) is -0.276. The number of anilines is 1. The van der Waals surface area contributed by atoms with Crippen LogP contribution in [-0.2, 0) is 0 Å². The van der Waals surface area contributed by atoms with Crippen molar-refractivity contribution in [3.8, 4) is 0 Å². The van der Waals surface area contributed by atoms with E-state index in [-0.39, 0.29) is 0 Å². The summed E-state index contributed by atoms with van der Waals surface area (Å²) in [6.45, 7) is 3.33. The molecule has 0 amide bonds.